The standard InChI is InChI=1S/C24H26ClNO8/c1-15(2)26-14-18(13-25)32-24(31)20(34-23(30)17-11-7-4-8-12-17)19(21(27)28)33-22(29)16-9-5-3-6-10-16/h3-12,15,18-20,26H,13-14H2,1-2H3,(H,27,28)/t18-,19-,20-/m0/s1. The fourth-order valence-electron chi connectivity index (χ4n) is 2.78. The van der Waals surface area contributed by atoms with Gasteiger partial charge in [-0.25, -0.2) is 14.4 Å². The van der Waals surface area contributed by atoms with E-state index in [2.05, 4.69) is 0 Å². The van der Waals surface area contributed by atoms with Crippen molar-refractivity contribution in [1.82, 2.24) is 0 Å². The van der Waals surface area contributed by atoms with Crippen molar-refractivity contribution in [3.8, 4) is 0 Å². The minimum Gasteiger partial charge on any atom is -0.546 e. The Labute approximate surface area is 202 Å². The number of aliphatic carboxylic acids is 1. The Morgan fingerprint density at radius 1 is 0.824 bits per heavy atom. The minimum absolute atomic E-state index is 0.0282. The molecule has 0 saturated carbocycles. The Morgan fingerprint density at radius 2 is 1.29 bits per heavy atom. The van der Waals surface area contributed by atoms with Crippen LogP contribution in [0.15, 0.2) is 60.7 Å². The van der Waals surface area contributed by atoms with Crippen molar-refractivity contribution in [3.63, 3.8) is 0 Å². The minimum atomic E-state index is -2.27. The summed E-state index contributed by atoms with van der Waals surface area (Å²) in [7, 11) is 0. The van der Waals surface area contributed by atoms with Gasteiger partial charge >= 0.3 is 17.9 Å². The molecule has 9 nitrogen and oxygen atoms in total. The number of nitrogens with two attached hydrogens (primary N) is 1. The monoisotopic (exact) mass is 491 g/mol. The zero-order chi connectivity index (χ0) is 25.1. The fraction of sp³-hybridized carbons (Fsp3) is 0.333. The van der Waals surface area contributed by atoms with Crippen molar-refractivity contribution in [1.29, 1.82) is 0 Å². The van der Waals surface area contributed by atoms with E-state index in [0.29, 0.717) is 0 Å². The maximum atomic E-state index is 12.9. The SMILES string of the molecule is CC(C)[NH2+]C[C@H](CCl)OC(=O)[C@@H](OC(=O)c1ccccc1)[C@H](OC(=O)c1ccccc1)C(=O)[O-]. The molecule has 0 fully saturated rings. The maximum Gasteiger partial charge on any atom is 0.352 e. The molecule has 3 atom stereocenters. The molecule has 34 heavy (non-hydrogen) atoms. The summed E-state index contributed by atoms with van der Waals surface area (Å²) in [4.78, 5) is 49.9. The smallest absolute Gasteiger partial charge is 0.352 e. The molecule has 2 rings (SSSR count). The van der Waals surface area contributed by atoms with Crippen molar-refractivity contribution in [2.24, 2.45) is 0 Å². The second-order valence-electron chi connectivity index (χ2n) is 7.63. The van der Waals surface area contributed by atoms with Gasteiger partial charge in [0.25, 0.3) is 0 Å². The number of alkyl halides is 1. The third-order valence-corrected chi connectivity index (χ3v) is 4.90. The van der Waals surface area contributed by atoms with Gasteiger partial charge in [0.05, 0.1) is 29.0 Å². The third kappa shape index (κ3) is 8.17. The number of esters is 3. The van der Waals surface area contributed by atoms with Crippen LogP contribution in [0, 0.1) is 0 Å². The molecule has 0 aliphatic rings. The Kier molecular flexibility index (Phi) is 10.5. The number of ether oxygens (including phenoxy) is 3. The summed E-state index contributed by atoms with van der Waals surface area (Å²) in [5.41, 5.74) is 0.0780. The number of benzene rings is 2. The van der Waals surface area contributed by atoms with Gasteiger partial charge in [-0.15, -0.1) is 11.6 Å². The molecule has 0 aliphatic heterocycles. The lowest BCUT2D eigenvalue weighted by molar-refractivity contribution is -0.687. The zero-order valence-corrected chi connectivity index (χ0v) is 19.5. The van der Waals surface area contributed by atoms with Gasteiger partial charge in [0.2, 0.25) is 6.10 Å². The number of hydrogen-bond donors (Lipinski definition) is 1. The third-order valence-electron chi connectivity index (χ3n) is 4.55. The molecular weight excluding hydrogens is 466 g/mol. The number of carboxylic acids is 1. The maximum absolute atomic E-state index is 12.9. The van der Waals surface area contributed by atoms with Crippen LogP contribution in [0.25, 0.3) is 0 Å². The fourth-order valence-corrected chi connectivity index (χ4v) is 2.97. The molecule has 0 radical (unpaired) electrons. The van der Waals surface area contributed by atoms with Gasteiger partial charge in [0.15, 0.2) is 12.2 Å². The average molecular weight is 492 g/mol. The predicted octanol–water partition coefficient (Wildman–Crippen LogP) is 0.310. The van der Waals surface area contributed by atoms with Crippen LogP contribution < -0.4 is 10.4 Å². The molecule has 182 valence electrons. The average Bonchev–Trinajstić information content (AvgIpc) is 2.84. The van der Waals surface area contributed by atoms with E-state index in [1.165, 1.54) is 24.3 Å². The summed E-state index contributed by atoms with van der Waals surface area (Å²) in [5, 5.41) is 13.7. The first-order valence-corrected chi connectivity index (χ1v) is 11.1. The Bertz CT molecular complexity index is 967. The van der Waals surface area contributed by atoms with E-state index in [0.717, 1.165) is 0 Å². The molecule has 2 aromatic carbocycles. The Hall–Kier alpha value is -3.43. The summed E-state index contributed by atoms with van der Waals surface area (Å²) in [6, 6.07) is 15.3. The molecule has 0 heterocycles. The highest BCUT2D eigenvalue weighted by atomic mass is 35.5. The lowest BCUT2D eigenvalue weighted by Crippen LogP contribution is -2.90. The van der Waals surface area contributed by atoms with E-state index in [-0.39, 0.29) is 29.6 Å². The van der Waals surface area contributed by atoms with Gasteiger partial charge in [0, 0.05) is 0 Å². The van der Waals surface area contributed by atoms with Crippen LogP contribution in [0.1, 0.15) is 34.6 Å². The van der Waals surface area contributed by atoms with Gasteiger partial charge in [-0.3, -0.25) is 0 Å². The van der Waals surface area contributed by atoms with Gasteiger partial charge in [-0.05, 0) is 38.1 Å². The van der Waals surface area contributed by atoms with Crippen molar-refractivity contribution in [2.45, 2.75) is 38.2 Å². The molecule has 0 spiro atoms. The number of carbonyl (C=O) groups excluding carboxylic acids is 4. The molecule has 10 heteroatoms. The molecule has 0 saturated heterocycles. The first kappa shape index (κ1) is 26.8. The van der Waals surface area contributed by atoms with Crippen LogP contribution in [-0.2, 0) is 23.8 Å². The quantitative estimate of drug-likeness (QED) is 0.254. The number of rotatable bonds is 12. The molecule has 0 amide bonds. The molecular formula is C24H26ClNO8. The van der Waals surface area contributed by atoms with Crippen molar-refractivity contribution < 1.29 is 43.8 Å². The van der Waals surface area contributed by atoms with Crippen LogP contribution in [0.2, 0.25) is 0 Å². The summed E-state index contributed by atoms with van der Waals surface area (Å²) >= 11 is 5.89. The highest BCUT2D eigenvalue weighted by molar-refractivity contribution is 6.18. The van der Waals surface area contributed by atoms with E-state index in [4.69, 9.17) is 25.8 Å². The van der Waals surface area contributed by atoms with Crippen molar-refractivity contribution >= 4 is 35.5 Å². The first-order chi connectivity index (χ1) is 16.2. The number of carboxylic acid groups (broad SMARTS) is 1. The van der Waals surface area contributed by atoms with Crippen LogP contribution in [-0.4, -0.2) is 60.7 Å². The Morgan fingerprint density at radius 3 is 1.71 bits per heavy atom. The van der Waals surface area contributed by atoms with Gasteiger partial charge in [0.1, 0.15) is 6.54 Å². The topological polar surface area (TPSA) is 136 Å². The zero-order valence-electron chi connectivity index (χ0n) is 18.7. The number of hydrogen-bond acceptors (Lipinski definition) is 8. The van der Waals surface area contributed by atoms with Gasteiger partial charge in [-0.1, -0.05) is 36.4 Å². The number of carbonyl (C=O) groups is 4. The number of halogens is 1. The van der Waals surface area contributed by atoms with Crippen LogP contribution in [0.4, 0.5) is 0 Å². The van der Waals surface area contributed by atoms with E-state index < -0.39 is 42.2 Å². The number of quaternary nitrogens is 1. The van der Waals surface area contributed by atoms with Crippen LogP contribution in [0.5, 0.6) is 0 Å². The van der Waals surface area contributed by atoms with Gasteiger partial charge in [-0.2, -0.15) is 0 Å². The largest absolute Gasteiger partial charge is 0.546 e. The lowest BCUT2D eigenvalue weighted by atomic mass is 10.1. The van der Waals surface area contributed by atoms with E-state index in [1.807, 2.05) is 19.2 Å². The molecule has 0 unspecified atom stereocenters. The molecule has 2 N–H and O–H groups in total. The normalized spacial score (nSPS) is 13.4. The summed E-state index contributed by atoms with van der Waals surface area (Å²) in [6.45, 7) is 4.13. The highest BCUT2D eigenvalue weighted by Crippen LogP contribution is 2.15. The summed E-state index contributed by atoms with van der Waals surface area (Å²) < 4.78 is 15.5. The lowest BCUT2D eigenvalue weighted by Gasteiger charge is -2.27. The highest BCUT2D eigenvalue weighted by Gasteiger charge is 2.39. The van der Waals surface area contributed by atoms with E-state index in [9.17, 15) is 24.3 Å². The Balaban J connectivity index is 2.30. The molecule has 0 bridgehead atoms. The molecule has 0 aromatic heterocycles. The van der Waals surface area contributed by atoms with E-state index >= 15 is 0 Å². The van der Waals surface area contributed by atoms with Crippen molar-refractivity contribution in [2.75, 3.05) is 12.4 Å². The summed E-state index contributed by atoms with van der Waals surface area (Å²) in [5.74, 6) is -5.33. The van der Waals surface area contributed by atoms with Crippen LogP contribution in [0.3, 0.4) is 0 Å². The summed E-state index contributed by atoms with van der Waals surface area (Å²) in [6.07, 6.45) is -5.21. The molecule has 0 aliphatic carbocycles. The second-order valence-corrected chi connectivity index (χ2v) is 7.94. The predicted molar refractivity (Wildman–Crippen MR) is 119 cm³/mol. The molecule has 2 aromatic rings. The second kappa shape index (κ2) is 13.3. The van der Waals surface area contributed by atoms with Crippen LogP contribution >= 0.6 is 11.6 Å². The van der Waals surface area contributed by atoms with E-state index in [1.54, 1.807) is 36.4 Å². The first-order valence-electron chi connectivity index (χ1n) is 10.6. The van der Waals surface area contributed by atoms with Gasteiger partial charge < -0.3 is 29.4 Å². The van der Waals surface area contributed by atoms with Crippen molar-refractivity contribution in [3.05, 3.63) is 71.8 Å².